The second kappa shape index (κ2) is 5.56. The minimum atomic E-state index is -0.0482. The Kier molecular flexibility index (Phi) is 3.37. The molecule has 6 nitrogen and oxygen atoms in total. The van der Waals surface area contributed by atoms with Crippen LogP contribution in [0.15, 0.2) is 41.5 Å². The number of nitrogens with zero attached hydrogens (tertiary/aromatic N) is 2. The second-order valence-electron chi connectivity index (χ2n) is 5.97. The summed E-state index contributed by atoms with van der Waals surface area (Å²) < 4.78 is 11.0. The van der Waals surface area contributed by atoms with E-state index in [1.165, 1.54) is 5.01 Å². The van der Waals surface area contributed by atoms with E-state index in [4.69, 9.17) is 15.2 Å². The highest BCUT2D eigenvalue weighted by Crippen LogP contribution is 2.37. The van der Waals surface area contributed by atoms with Gasteiger partial charge in [0.15, 0.2) is 11.5 Å². The van der Waals surface area contributed by atoms with Crippen molar-refractivity contribution in [1.82, 2.24) is 5.01 Å². The smallest absolute Gasteiger partial charge is 0.231 e. The van der Waals surface area contributed by atoms with Gasteiger partial charge in [-0.2, -0.15) is 5.10 Å². The van der Waals surface area contributed by atoms with Crippen molar-refractivity contribution in [2.75, 3.05) is 12.5 Å². The maximum Gasteiger partial charge on any atom is 0.231 e. The normalized spacial score (nSPS) is 18.6. The third kappa shape index (κ3) is 2.36. The minimum Gasteiger partial charge on any atom is -0.454 e. The highest BCUT2D eigenvalue weighted by atomic mass is 16.7. The van der Waals surface area contributed by atoms with Crippen LogP contribution in [0.3, 0.4) is 0 Å². The lowest BCUT2D eigenvalue weighted by molar-refractivity contribution is -0.119. The predicted molar refractivity (Wildman–Crippen MR) is 90.1 cm³/mol. The average molecular weight is 323 g/mol. The van der Waals surface area contributed by atoms with E-state index >= 15 is 0 Å². The fourth-order valence-electron chi connectivity index (χ4n) is 3.03. The van der Waals surface area contributed by atoms with Crippen LogP contribution in [0.25, 0.3) is 0 Å². The van der Waals surface area contributed by atoms with Crippen molar-refractivity contribution in [3.05, 3.63) is 53.1 Å². The zero-order chi connectivity index (χ0) is 16.7. The minimum absolute atomic E-state index is 0.0482. The topological polar surface area (TPSA) is 77.2 Å². The van der Waals surface area contributed by atoms with Gasteiger partial charge >= 0.3 is 0 Å². The average Bonchev–Trinajstić information content (AvgIpc) is 2.98. The predicted octanol–water partition coefficient (Wildman–Crippen LogP) is 2.15. The van der Waals surface area contributed by atoms with Crippen molar-refractivity contribution in [1.29, 1.82) is 0 Å². The van der Waals surface area contributed by atoms with Crippen molar-refractivity contribution in [3.8, 4) is 11.5 Å². The number of amides is 1. The first-order valence-electron chi connectivity index (χ1n) is 7.77. The second-order valence-corrected chi connectivity index (χ2v) is 5.97. The van der Waals surface area contributed by atoms with Gasteiger partial charge in [-0.15, -0.1) is 0 Å². The third-order valence-electron chi connectivity index (χ3n) is 4.33. The van der Waals surface area contributed by atoms with E-state index in [0.717, 1.165) is 34.6 Å². The summed E-state index contributed by atoms with van der Waals surface area (Å²) in [5, 5.41) is 6.04. The van der Waals surface area contributed by atoms with Crippen molar-refractivity contribution in [2.45, 2.75) is 19.4 Å². The standard InChI is InChI=1S/C18H17N3O3/c1-11-6-13-7-16-17(24-10-23-16)8-15(13)18(20-21(11)9-22)12-2-4-14(19)5-3-12/h2-5,7-9,11H,6,10,19H2,1H3. The number of anilines is 1. The van der Waals surface area contributed by atoms with Crippen LogP contribution >= 0.6 is 0 Å². The zero-order valence-electron chi connectivity index (χ0n) is 13.2. The molecule has 2 aromatic rings. The molecule has 2 aliphatic rings. The summed E-state index contributed by atoms with van der Waals surface area (Å²) in [4.78, 5) is 11.5. The summed E-state index contributed by atoms with van der Waals surface area (Å²) in [7, 11) is 0. The van der Waals surface area contributed by atoms with Gasteiger partial charge in [-0.3, -0.25) is 4.79 Å². The summed E-state index contributed by atoms with van der Waals surface area (Å²) in [6.45, 7) is 2.20. The number of hydrogen-bond acceptors (Lipinski definition) is 5. The van der Waals surface area contributed by atoms with E-state index in [9.17, 15) is 4.79 Å². The maximum absolute atomic E-state index is 11.5. The maximum atomic E-state index is 11.5. The Morgan fingerprint density at radius 1 is 1.21 bits per heavy atom. The lowest BCUT2D eigenvalue weighted by atomic mass is 9.94. The molecule has 0 radical (unpaired) electrons. The van der Waals surface area contributed by atoms with E-state index in [-0.39, 0.29) is 12.8 Å². The van der Waals surface area contributed by atoms with Crippen LogP contribution in [-0.2, 0) is 11.2 Å². The van der Waals surface area contributed by atoms with Crippen LogP contribution in [0.2, 0.25) is 0 Å². The quantitative estimate of drug-likeness (QED) is 0.678. The number of carbonyl (C=O) groups is 1. The highest BCUT2D eigenvalue weighted by Gasteiger charge is 2.26. The van der Waals surface area contributed by atoms with E-state index in [2.05, 4.69) is 5.10 Å². The SMILES string of the molecule is CC1Cc2cc3c(cc2C(c2ccc(N)cc2)=NN1C=O)OCO3. The Hall–Kier alpha value is -3.02. The first kappa shape index (κ1) is 14.6. The molecule has 24 heavy (non-hydrogen) atoms. The lowest BCUT2D eigenvalue weighted by Gasteiger charge is -2.17. The monoisotopic (exact) mass is 323 g/mol. The molecule has 0 aliphatic carbocycles. The van der Waals surface area contributed by atoms with E-state index < -0.39 is 0 Å². The van der Waals surface area contributed by atoms with E-state index in [0.29, 0.717) is 17.9 Å². The van der Waals surface area contributed by atoms with Crippen LogP contribution in [0.4, 0.5) is 5.69 Å². The highest BCUT2D eigenvalue weighted by molar-refractivity contribution is 6.14. The van der Waals surface area contributed by atoms with Gasteiger partial charge in [0.2, 0.25) is 13.2 Å². The molecule has 0 aromatic heterocycles. The molecule has 1 amide bonds. The van der Waals surface area contributed by atoms with E-state index in [1.807, 2.05) is 43.3 Å². The van der Waals surface area contributed by atoms with Gasteiger partial charge in [-0.1, -0.05) is 12.1 Å². The van der Waals surface area contributed by atoms with Crippen molar-refractivity contribution >= 4 is 17.8 Å². The summed E-state index contributed by atoms with van der Waals surface area (Å²) in [6, 6.07) is 11.3. The molecule has 6 heteroatoms. The fourth-order valence-corrected chi connectivity index (χ4v) is 3.03. The molecule has 2 heterocycles. The number of fused-ring (bicyclic) bond motifs is 2. The number of carbonyl (C=O) groups excluding carboxylic acids is 1. The lowest BCUT2D eigenvalue weighted by Crippen LogP contribution is -2.28. The van der Waals surface area contributed by atoms with Gasteiger partial charge < -0.3 is 15.2 Å². The molecule has 2 aromatic carbocycles. The van der Waals surface area contributed by atoms with Gasteiger partial charge in [0, 0.05) is 16.8 Å². The van der Waals surface area contributed by atoms with Gasteiger partial charge in [-0.25, -0.2) is 5.01 Å². The zero-order valence-corrected chi connectivity index (χ0v) is 13.2. The van der Waals surface area contributed by atoms with Gasteiger partial charge in [0.25, 0.3) is 0 Å². The van der Waals surface area contributed by atoms with Crippen LogP contribution in [0, 0.1) is 0 Å². The summed E-state index contributed by atoms with van der Waals surface area (Å²) in [5.74, 6) is 1.43. The molecular formula is C18H17N3O3. The molecule has 0 fully saturated rings. The van der Waals surface area contributed by atoms with Crippen LogP contribution in [-0.4, -0.2) is 30.0 Å². The summed E-state index contributed by atoms with van der Waals surface area (Å²) >= 11 is 0. The molecule has 0 saturated carbocycles. The Morgan fingerprint density at radius 3 is 2.62 bits per heavy atom. The van der Waals surface area contributed by atoms with Gasteiger partial charge in [-0.05, 0) is 43.2 Å². The Balaban J connectivity index is 1.91. The largest absolute Gasteiger partial charge is 0.454 e. The number of benzene rings is 2. The van der Waals surface area contributed by atoms with Crippen molar-refractivity contribution in [2.24, 2.45) is 5.10 Å². The molecule has 2 N–H and O–H groups in total. The number of nitrogen functional groups attached to an aromatic ring is 1. The summed E-state index contributed by atoms with van der Waals surface area (Å²) in [6.07, 6.45) is 1.45. The van der Waals surface area contributed by atoms with Gasteiger partial charge in [0.1, 0.15) is 0 Å². The Labute approximate surface area is 139 Å². The van der Waals surface area contributed by atoms with E-state index in [1.54, 1.807) is 0 Å². The fraction of sp³-hybridized carbons (Fsp3) is 0.222. The number of ether oxygens (including phenoxy) is 2. The number of hydrazone groups is 1. The van der Waals surface area contributed by atoms with Crippen LogP contribution < -0.4 is 15.2 Å². The molecule has 0 saturated heterocycles. The molecule has 2 aliphatic heterocycles. The number of rotatable bonds is 2. The molecule has 4 rings (SSSR count). The number of hydrogen-bond donors (Lipinski definition) is 1. The first-order chi connectivity index (χ1) is 11.7. The molecule has 0 bridgehead atoms. The molecule has 0 spiro atoms. The Bertz CT molecular complexity index is 830. The van der Waals surface area contributed by atoms with Gasteiger partial charge in [0.05, 0.1) is 11.8 Å². The molecule has 122 valence electrons. The van der Waals surface area contributed by atoms with Crippen LogP contribution in [0.5, 0.6) is 11.5 Å². The first-order valence-corrected chi connectivity index (χ1v) is 7.77. The van der Waals surface area contributed by atoms with Crippen LogP contribution in [0.1, 0.15) is 23.6 Å². The summed E-state index contributed by atoms with van der Waals surface area (Å²) in [5.41, 5.74) is 10.1. The number of nitrogens with two attached hydrogens (primary N) is 1. The molecule has 1 unspecified atom stereocenters. The Morgan fingerprint density at radius 2 is 1.92 bits per heavy atom. The van der Waals surface area contributed by atoms with Crippen molar-refractivity contribution < 1.29 is 14.3 Å². The molecule has 1 atom stereocenters. The molecular weight excluding hydrogens is 306 g/mol. The van der Waals surface area contributed by atoms with Crippen molar-refractivity contribution in [3.63, 3.8) is 0 Å². The third-order valence-corrected chi connectivity index (χ3v) is 4.33.